The molecule has 1 amide bonds. The number of amides is 1. The minimum absolute atomic E-state index is 0.139. The van der Waals surface area contributed by atoms with Crippen molar-refractivity contribution in [3.05, 3.63) is 51.5 Å². The first-order valence-corrected chi connectivity index (χ1v) is 7.63. The zero-order chi connectivity index (χ0) is 15.4. The van der Waals surface area contributed by atoms with Crippen LogP contribution in [0.3, 0.4) is 0 Å². The van der Waals surface area contributed by atoms with Crippen molar-refractivity contribution in [2.75, 3.05) is 0 Å². The van der Waals surface area contributed by atoms with Gasteiger partial charge in [-0.1, -0.05) is 22.9 Å². The Morgan fingerprint density at radius 2 is 2.14 bits per heavy atom. The highest BCUT2D eigenvalue weighted by atomic mass is 79.9. The molecule has 0 fully saturated rings. The van der Waals surface area contributed by atoms with Gasteiger partial charge >= 0.3 is 0 Å². The van der Waals surface area contributed by atoms with E-state index in [1.165, 1.54) is 6.07 Å². The molecule has 0 saturated carbocycles. The Hall–Kier alpha value is -1.69. The lowest BCUT2D eigenvalue weighted by Crippen LogP contribution is -2.26. The van der Waals surface area contributed by atoms with Gasteiger partial charge in [0.05, 0.1) is 5.69 Å². The minimum Gasteiger partial charge on any atom is -0.347 e. The molecule has 0 aliphatic rings. The average molecular weight is 354 g/mol. The van der Waals surface area contributed by atoms with E-state index in [1.807, 2.05) is 13.8 Å². The average Bonchev–Trinajstić information content (AvgIpc) is 2.91. The fourth-order valence-corrected chi connectivity index (χ4v) is 2.42. The second kappa shape index (κ2) is 6.85. The molecule has 0 spiro atoms. The Morgan fingerprint density at radius 1 is 1.38 bits per heavy atom. The van der Waals surface area contributed by atoms with Crippen LogP contribution in [-0.2, 0) is 19.5 Å². The number of aryl methyl sites for hydroxylation is 2. The van der Waals surface area contributed by atoms with Crippen LogP contribution in [0.5, 0.6) is 0 Å². The summed E-state index contributed by atoms with van der Waals surface area (Å²) in [6.07, 6.45) is 0.771. The summed E-state index contributed by atoms with van der Waals surface area (Å²) in [7, 11) is 0. The second-order valence-electron chi connectivity index (χ2n) is 4.61. The van der Waals surface area contributed by atoms with E-state index in [0.29, 0.717) is 17.8 Å². The van der Waals surface area contributed by atoms with E-state index in [2.05, 4.69) is 26.3 Å². The Kier molecular flexibility index (Phi) is 5.12. The molecule has 4 nitrogen and oxygen atoms in total. The van der Waals surface area contributed by atoms with Crippen LogP contribution in [0, 0.1) is 5.82 Å². The summed E-state index contributed by atoms with van der Waals surface area (Å²) in [6, 6.07) is 6.43. The molecule has 2 aromatic rings. The summed E-state index contributed by atoms with van der Waals surface area (Å²) < 4.78 is 16.1. The van der Waals surface area contributed by atoms with Crippen LogP contribution >= 0.6 is 15.9 Å². The van der Waals surface area contributed by atoms with Crippen LogP contribution in [-0.4, -0.2) is 15.7 Å². The van der Waals surface area contributed by atoms with Gasteiger partial charge in [-0.05, 0) is 37.6 Å². The molecule has 0 radical (unpaired) electrons. The molecule has 21 heavy (non-hydrogen) atoms. The maximum atomic E-state index is 13.6. The van der Waals surface area contributed by atoms with Gasteiger partial charge in [-0.2, -0.15) is 5.10 Å². The molecule has 112 valence electrons. The largest absolute Gasteiger partial charge is 0.347 e. The van der Waals surface area contributed by atoms with E-state index in [9.17, 15) is 9.18 Å². The first-order valence-electron chi connectivity index (χ1n) is 6.84. The molecule has 0 bridgehead atoms. The third-order valence-corrected chi connectivity index (χ3v) is 3.67. The van der Waals surface area contributed by atoms with Crippen LogP contribution in [0.1, 0.15) is 35.6 Å². The Bertz CT molecular complexity index is 654. The highest BCUT2D eigenvalue weighted by molar-refractivity contribution is 9.10. The van der Waals surface area contributed by atoms with Crippen molar-refractivity contribution in [2.24, 2.45) is 0 Å². The van der Waals surface area contributed by atoms with Crippen molar-refractivity contribution in [1.29, 1.82) is 0 Å². The summed E-state index contributed by atoms with van der Waals surface area (Å²) in [5, 5.41) is 7.06. The predicted octanol–water partition coefficient (Wildman–Crippen LogP) is 3.30. The Labute approximate surface area is 131 Å². The van der Waals surface area contributed by atoms with Crippen LogP contribution in [0.2, 0.25) is 0 Å². The topological polar surface area (TPSA) is 46.9 Å². The van der Waals surface area contributed by atoms with Crippen molar-refractivity contribution in [3.8, 4) is 0 Å². The molecule has 0 saturated heterocycles. The molecule has 2 rings (SSSR count). The lowest BCUT2D eigenvalue weighted by atomic mass is 10.2. The highest BCUT2D eigenvalue weighted by Gasteiger charge is 2.14. The summed E-state index contributed by atoms with van der Waals surface area (Å²) in [5.41, 5.74) is 1.82. The zero-order valence-corrected chi connectivity index (χ0v) is 13.6. The van der Waals surface area contributed by atoms with E-state index in [-0.39, 0.29) is 18.3 Å². The van der Waals surface area contributed by atoms with Gasteiger partial charge in [0.1, 0.15) is 11.5 Å². The van der Waals surface area contributed by atoms with E-state index in [0.717, 1.165) is 16.6 Å². The lowest BCUT2D eigenvalue weighted by Gasteiger charge is -2.08. The number of rotatable bonds is 5. The van der Waals surface area contributed by atoms with Crippen LogP contribution in [0.15, 0.2) is 28.7 Å². The van der Waals surface area contributed by atoms with E-state index in [4.69, 9.17) is 0 Å². The van der Waals surface area contributed by atoms with Crippen molar-refractivity contribution >= 4 is 21.8 Å². The monoisotopic (exact) mass is 353 g/mol. The van der Waals surface area contributed by atoms with E-state index < -0.39 is 0 Å². The van der Waals surface area contributed by atoms with Gasteiger partial charge in [-0.3, -0.25) is 9.48 Å². The van der Waals surface area contributed by atoms with Gasteiger partial charge in [0.2, 0.25) is 0 Å². The SMILES string of the molecule is CCc1cc(C(=O)NCc2cc(Br)ccc2F)n(CC)n1. The van der Waals surface area contributed by atoms with Crippen LogP contribution in [0.4, 0.5) is 4.39 Å². The third kappa shape index (κ3) is 3.69. The summed E-state index contributed by atoms with van der Waals surface area (Å²) in [4.78, 5) is 12.2. The van der Waals surface area contributed by atoms with E-state index >= 15 is 0 Å². The van der Waals surface area contributed by atoms with E-state index in [1.54, 1.807) is 22.9 Å². The molecule has 1 aromatic heterocycles. The lowest BCUT2D eigenvalue weighted by molar-refractivity contribution is 0.0940. The smallest absolute Gasteiger partial charge is 0.269 e. The Morgan fingerprint density at radius 3 is 2.81 bits per heavy atom. The maximum Gasteiger partial charge on any atom is 0.269 e. The maximum absolute atomic E-state index is 13.6. The molecule has 1 heterocycles. The van der Waals surface area contributed by atoms with Crippen molar-refractivity contribution in [2.45, 2.75) is 33.4 Å². The number of carbonyl (C=O) groups is 1. The van der Waals surface area contributed by atoms with Gasteiger partial charge in [0, 0.05) is 23.1 Å². The molecule has 1 aromatic carbocycles. The van der Waals surface area contributed by atoms with Gasteiger partial charge in [0.25, 0.3) is 5.91 Å². The van der Waals surface area contributed by atoms with Crippen molar-refractivity contribution in [3.63, 3.8) is 0 Å². The number of nitrogens with one attached hydrogen (secondary N) is 1. The predicted molar refractivity (Wildman–Crippen MR) is 82.5 cm³/mol. The van der Waals surface area contributed by atoms with Crippen molar-refractivity contribution in [1.82, 2.24) is 15.1 Å². The number of carbonyl (C=O) groups excluding carboxylic acids is 1. The summed E-state index contributed by atoms with van der Waals surface area (Å²) >= 11 is 3.29. The first kappa shape index (κ1) is 15.7. The third-order valence-electron chi connectivity index (χ3n) is 3.17. The number of aromatic nitrogens is 2. The normalized spacial score (nSPS) is 10.7. The van der Waals surface area contributed by atoms with Crippen LogP contribution < -0.4 is 5.32 Å². The standard InChI is InChI=1S/C15H17BrFN3O/c1-3-12-8-14(20(4-2)19-12)15(21)18-9-10-7-11(16)5-6-13(10)17/h5-8H,3-4,9H2,1-2H3,(H,18,21). The van der Waals surface area contributed by atoms with Gasteiger partial charge in [-0.15, -0.1) is 0 Å². The number of nitrogens with zero attached hydrogens (tertiary/aromatic N) is 2. The van der Waals surface area contributed by atoms with Gasteiger partial charge < -0.3 is 5.32 Å². The Balaban J connectivity index is 2.11. The highest BCUT2D eigenvalue weighted by Crippen LogP contribution is 2.15. The number of halogens is 2. The number of benzene rings is 1. The fourth-order valence-electron chi connectivity index (χ4n) is 2.01. The molecular weight excluding hydrogens is 337 g/mol. The molecule has 0 unspecified atom stereocenters. The summed E-state index contributed by atoms with van der Waals surface area (Å²) in [5.74, 6) is -0.583. The minimum atomic E-state index is -0.336. The molecule has 0 atom stereocenters. The molecule has 0 aliphatic carbocycles. The van der Waals surface area contributed by atoms with Crippen molar-refractivity contribution < 1.29 is 9.18 Å². The molecule has 1 N–H and O–H groups in total. The number of hydrogen-bond donors (Lipinski definition) is 1. The summed E-state index contributed by atoms with van der Waals surface area (Å²) in [6.45, 7) is 4.67. The second-order valence-corrected chi connectivity index (χ2v) is 5.52. The number of hydrogen-bond acceptors (Lipinski definition) is 2. The molecule has 6 heteroatoms. The fraction of sp³-hybridized carbons (Fsp3) is 0.333. The zero-order valence-electron chi connectivity index (χ0n) is 12.0. The van der Waals surface area contributed by atoms with Crippen LogP contribution in [0.25, 0.3) is 0 Å². The molecule has 0 aliphatic heterocycles. The quantitative estimate of drug-likeness (QED) is 0.896. The van der Waals surface area contributed by atoms with Gasteiger partial charge in [0.15, 0.2) is 0 Å². The molecular formula is C15H17BrFN3O. The van der Waals surface area contributed by atoms with Gasteiger partial charge in [-0.25, -0.2) is 4.39 Å². The first-order chi connectivity index (χ1) is 10.0.